The average Bonchev–Trinajstić information content (AvgIpc) is 2.57. The van der Waals surface area contributed by atoms with Gasteiger partial charge in [-0.2, -0.15) is 0 Å². The first kappa shape index (κ1) is 20.9. The summed E-state index contributed by atoms with van der Waals surface area (Å²) >= 11 is 6.09. The molecular weight excluding hydrogens is 390 g/mol. The molecule has 0 aliphatic carbocycles. The maximum atomic E-state index is 12.6. The van der Waals surface area contributed by atoms with Gasteiger partial charge in [0.05, 0.1) is 15.5 Å². The molecule has 0 heterocycles. The number of hydrogen-bond donors (Lipinski definition) is 2. The molecule has 144 valence electrons. The van der Waals surface area contributed by atoms with Gasteiger partial charge in [0.2, 0.25) is 15.9 Å². The van der Waals surface area contributed by atoms with Gasteiger partial charge in [-0.15, -0.1) is 0 Å². The van der Waals surface area contributed by atoms with Crippen LogP contribution in [0.4, 0.5) is 11.4 Å². The van der Waals surface area contributed by atoms with Gasteiger partial charge in [0, 0.05) is 32.4 Å². The molecule has 0 unspecified atom stereocenters. The van der Waals surface area contributed by atoms with Crippen LogP contribution in [0.1, 0.15) is 22.8 Å². The van der Waals surface area contributed by atoms with Crippen molar-refractivity contribution in [3.8, 4) is 0 Å². The van der Waals surface area contributed by atoms with Crippen LogP contribution < -0.4 is 10.6 Å². The average molecular weight is 410 g/mol. The van der Waals surface area contributed by atoms with Crippen LogP contribution in [-0.4, -0.2) is 38.6 Å². The van der Waals surface area contributed by atoms with Crippen molar-refractivity contribution in [3.63, 3.8) is 0 Å². The fourth-order valence-corrected chi connectivity index (χ4v) is 3.40. The molecule has 2 N–H and O–H groups in total. The Morgan fingerprint density at radius 2 is 1.70 bits per heavy atom. The van der Waals surface area contributed by atoms with Crippen molar-refractivity contribution < 1.29 is 18.0 Å². The van der Waals surface area contributed by atoms with Crippen LogP contribution in [0.5, 0.6) is 0 Å². The first-order valence-electron chi connectivity index (χ1n) is 7.94. The number of nitrogens with zero attached hydrogens (tertiary/aromatic N) is 1. The number of carbonyl (C=O) groups is 2. The Hall–Kier alpha value is -2.42. The molecule has 2 amide bonds. The van der Waals surface area contributed by atoms with Crippen molar-refractivity contribution in [2.45, 2.75) is 18.7 Å². The maximum Gasteiger partial charge on any atom is 0.257 e. The van der Waals surface area contributed by atoms with E-state index in [1.807, 2.05) is 6.92 Å². The molecular formula is C18H20ClN3O4S. The standard InChI is InChI=1S/C18H20ClN3O4S/c1-11-5-6-13(9-17(11)20-12(2)23)21-18(24)15-10-14(7-8-16(15)19)27(25,26)22(3)4/h5-10H,1-4H3,(H,20,23)(H,21,24). The lowest BCUT2D eigenvalue weighted by molar-refractivity contribution is -0.114. The fraction of sp³-hybridized carbons (Fsp3) is 0.222. The van der Waals surface area contributed by atoms with Crippen LogP contribution in [0.25, 0.3) is 0 Å². The second-order valence-electron chi connectivity index (χ2n) is 6.09. The molecule has 2 rings (SSSR count). The van der Waals surface area contributed by atoms with E-state index in [1.165, 1.54) is 39.2 Å². The van der Waals surface area contributed by atoms with Crippen molar-refractivity contribution in [2.75, 3.05) is 24.7 Å². The Morgan fingerprint density at radius 1 is 1.04 bits per heavy atom. The molecule has 2 aromatic rings. The van der Waals surface area contributed by atoms with Gasteiger partial charge in [0.25, 0.3) is 5.91 Å². The van der Waals surface area contributed by atoms with Gasteiger partial charge in [-0.3, -0.25) is 9.59 Å². The zero-order valence-electron chi connectivity index (χ0n) is 15.3. The van der Waals surface area contributed by atoms with Crippen LogP contribution >= 0.6 is 11.6 Å². The van der Waals surface area contributed by atoms with Gasteiger partial charge in [-0.25, -0.2) is 12.7 Å². The van der Waals surface area contributed by atoms with Crippen LogP contribution in [0, 0.1) is 6.92 Å². The molecule has 0 atom stereocenters. The number of anilines is 2. The number of hydrogen-bond acceptors (Lipinski definition) is 4. The highest BCUT2D eigenvalue weighted by Crippen LogP contribution is 2.25. The van der Waals surface area contributed by atoms with Crippen LogP contribution in [0.3, 0.4) is 0 Å². The maximum absolute atomic E-state index is 12.6. The van der Waals surface area contributed by atoms with Crippen molar-refractivity contribution in [1.29, 1.82) is 0 Å². The third-order valence-electron chi connectivity index (χ3n) is 3.77. The molecule has 0 aliphatic rings. The Labute approximate surface area is 163 Å². The summed E-state index contributed by atoms with van der Waals surface area (Å²) in [7, 11) is -0.897. The lowest BCUT2D eigenvalue weighted by Gasteiger charge is -2.14. The first-order chi connectivity index (χ1) is 12.5. The Bertz CT molecular complexity index is 1000. The molecule has 0 fully saturated rings. The highest BCUT2D eigenvalue weighted by Gasteiger charge is 2.21. The minimum Gasteiger partial charge on any atom is -0.326 e. The predicted molar refractivity (Wildman–Crippen MR) is 106 cm³/mol. The molecule has 0 radical (unpaired) electrons. The number of aryl methyl sites for hydroxylation is 1. The molecule has 0 aliphatic heterocycles. The Morgan fingerprint density at radius 3 is 2.30 bits per heavy atom. The molecule has 0 bridgehead atoms. The van der Waals surface area contributed by atoms with Crippen LogP contribution in [0.2, 0.25) is 5.02 Å². The number of halogens is 1. The third kappa shape index (κ3) is 4.85. The van der Waals surface area contributed by atoms with Gasteiger partial charge in [0.1, 0.15) is 0 Å². The van der Waals surface area contributed by atoms with Gasteiger partial charge in [-0.1, -0.05) is 17.7 Å². The number of nitrogens with one attached hydrogen (secondary N) is 2. The van der Waals surface area contributed by atoms with E-state index in [-0.39, 0.29) is 21.4 Å². The number of benzene rings is 2. The fourth-order valence-electron chi connectivity index (χ4n) is 2.27. The molecule has 0 saturated carbocycles. The third-order valence-corrected chi connectivity index (χ3v) is 5.91. The van der Waals surface area contributed by atoms with Gasteiger partial charge < -0.3 is 10.6 Å². The summed E-state index contributed by atoms with van der Waals surface area (Å²) in [6.45, 7) is 3.21. The minimum atomic E-state index is -3.70. The summed E-state index contributed by atoms with van der Waals surface area (Å²) in [6, 6.07) is 8.97. The van der Waals surface area contributed by atoms with Crippen molar-refractivity contribution in [2.24, 2.45) is 0 Å². The van der Waals surface area contributed by atoms with Gasteiger partial charge in [-0.05, 0) is 42.8 Å². The highest BCUT2D eigenvalue weighted by molar-refractivity contribution is 7.89. The first-order valence-corrected chi connectivity index (χ1v) is 9.76. The summed E-state index contributed by atoms with van der Waals surface area (Å²) in [4.78, 5) is 23.8. The molecule has 0 aromatic heterocycles. The molecule has 0 saturated heterocycles. The minimum absolute atomic E-state index is 0.0289. The van der Waals surface area contributed by atoms with Crippen molar-refractivity contribution in [1.82, 2.24) is 4.31 Å². The summed E-state index contributed by atoms with van der Waals surface area (Å²) < 4.78 is 25.6. The summed E-state index contributed by atoms with van der Waals surface area (Å²) in [5.74, 6) is -0.792. The molecule has 7 nitrogen and oxygen atoms in total. The SMILES string of the molecule is CC(=O)Nc1cc(NC(=O)c2cc(S(=O)(=O)N(C)C)ccc2Cl)ccc1C. The number of rotatable bonds is 5. The van der Waals surface area contributed by atoms with E-state index >= 15 is 0 Å². The second-order valence-corrected chi connectivity index (χ2v) is 8.65. The Kier molecular flexibility index (Phi) is 6.25. The zero-order chi connectivity index (χ0) is 20.4. The monoisotopic (exact) mass is 409 g/mol. The van der Waals surface area contributed by atoms with E-state index in [0.29, 0.717) is 11.4 Å². The smallest absolute Gasteiger partial charge is 0.257 e. The molecule has 0 spiro atoms. The zero-order valence-corrected chi connectivity index (χ0v) is 16.9. The summed E-state index contributed by atoms with van der Waals surface area (Å²) in [5, 5.41) is 5.47. The van der Waals surface area contributed by atoms with Crippen LogP contribution in [-0.2, 0) is 14.8 Å². The molecule has 9 heteroatoms. The lowest BCUT2D eigenvalue weighted by atomic mass is 10.1. The number of amides is 2. The Balaban J connectivity index is 2.35. The normalized spacial score (nSPS) is 11.3. The second kappa shape index (κ2) is 8.08. The van der Waals surface area contributed by atoms with E-state index in [2.05, 4.69) is 10.6 Å². The topological polar surface area (TPSA) is 95.6 Å². The van der Waals surface area contributed by atoms with Crippen molar-refractivity contribution in [3.05, 3.63) is 52.5 Å². The van der Waals surface area contributed by atoms with Gasteiger partial charge in [0.15, 0.2) is 0 Å². The summed E-state index contributed by atoms with van der Waals surface area (Å²) in [6.07, 6.45) is 0. The highest BCUT2D eigenvalue weighted by atomic mass is 35.5. The van der Waals surface area contributed by atoms with E-state index in [4.69, 9.17) is 11.6 Å². The van der Waals surface area contributed by atoms with E-state index < -0.39 is 15.9 Å². The number of carbonyl (C=O) groups excluding carboxylic acids is 2. The van der Waals surface area contributed by atoms with E-state index in [0.717, 1.165) is 9.87 Å². The molecule has 27 heavy (non-hydrogen) atoms. The number of sulfonamides is 1. The van der Waals surface area contributed by atoms with E-state index in [1.54, 1.807) is 18.2 Å². The van der Waals surface area contributed by atoms with Crippen LogP contribution in [0.15, 0.2) is 41.3 Å². The summed E-state index contributed by atoms with van der Waals surface area (Å²) in [5.41, 5.74) is 1.86. The quantitative estimate of drug-likeness (QED) is 0.793. The largest absolute Gasteiger partial charge is 0.326 e. The predicted octanol–water partition coefficient (Wildman–Crippen LogP) is 3.11. The van der Waals surface area contributed by atoms with E-state index in [9.17, 15) is 18.0 Å². The lowest BCUT2D eigenvalue weighted by Crippen LogP contribution is -2.23. The van der Waals surface area contributed by atoms with Crippen molar-refractivity contribution >= 4 is 44.8 Å². The van der Waals surface area contributed by atoms with Gasteiger partial charge >= 0.3 is 0 Å². The molecule has 2 aromatic carbocycles.